The van der Waals surface area contributed by atoms with Crippen LogP contribution < -0.4 is 4.74 Å². The number of ether oxygens (including phenoxy) is 1. The Morgan fingerprint density at radius 2 is 1.71 bits per heavy atom. The fraction of sp³-hybridized carbons (Fsp3) is 0.185. The van der Waals surface area contributed by atoms with Crippen LogP contribution in [0.4, 0.5) is 0 Å². The lowest BCUT2D eigenvalue weighted by atomic mass is 9.99. The van der Waals surface area contributed by atoms with E-state index in [1.165, 1.54) is 0 Å². The number of pyridine rings is 1. The molecular formula is C27H25NO3. The first-order valence-electron chi connectivity index (χ1n) is 10.6. The number of carbonyl (C=O) groups is 1. The predicted octanol–water partition coefficient (Wildman–Crippen LogP) is 6.52. The van der Waals surface area contributed by atoms with Gasteiger partial charge in [-0.05, 0) is 47.7 Å². The number of nitrogens with zero attached hydrogens (tertiary/aromatic N) is 1. The minimum atomic E-state index is -0.924. The number of fused-ring (bicyclic) bond motifs is 1. The summed E-state index contributed by atoms with van der Waals surface area (Å²) in [6.45, 7) is 2.62. The van der Waals surface area contributed by atoms with Crippen LogP contribution in [-0.2, 0) is 13.0 Å². The normalized spacial score (nSPS) is 10.9. The van der Waals surface area contributed by atoms with Crippen molar-refractivity contribution >= 4 is 16.9 Å². The van der Waals surface area contributed by atoms with E-state index in [0.717, 1.165) is 52.6 Å². The SMILES string of the molecule is CCCCc1cnc2ccccc2c1OCc1ccc(-c2ccccc2C(=O)O)cc1. The molecular weight excluding hydrogens is 386 g/mol. The standard InChI is InChI=1S/C27H25NO3/c1-2-3-8-21-17-28-25-12-7-6-11-24(25)26(21)31-18-19-13-15-20(16-14-19)22-9-4-5-10-23(22)27(29)30/h4-7,9-17H,2-3,8,18H2,1H3,(H,29,30). The van der Waals surface area contributed by atoms with Gasteiger partial charge in [0, 0.05) is 17.1 Å². The zero-order valence-electron chi connectivity index (χ0n) is 17.5. The first-order chi connectivity index (χ1) is 15.2. The van der Waals surface area contributed by atoms with Crippen molar-refractivity contribution in [3.05, 3.63) is 95.7 Å². The predicted molar refractivity (Wildman–Crippen MR) is 124 cm³/mol. The minimum Gasteiger partial charge on any atom is -0.488 e. The van der Waals surface area contributed by atoms with E-state index in [-0.39, 0.29) is 0 Å². The quantitative estimate of drug-likeness (QED) is 0.358. The molecule has 0 radical (unpaired) electrons. The van der Waals surface area contributed by atoms with Gasteiger partial charge in [0.2, 0.25) is 0 Å². The molecule has 0 spiro atoms. The van der Waals surface area contributed by atoms with Crippen molar-refractivity contribution in [3.63, 3.8) is 0 Å². The van der Waals surface area contributed by atoms with Gasteiger partial charge in [-0.25, -0.2) is 4.79 Å². The molecule has 31 heavy (non-hydrogen) atoms. The number of unbranched alkanes of at least 4 members (excludes halogenated alkanes) is 1. The van der Waals surface area contributed by atoms with Crippen LogP contribution >= 0.6 is 0 Å². The number of rotatable bonds is 8. The molecule has 4 rings (SSSR count). The first-order valence-corrected chi connectivity index (χ1v) is 10.6. The summed E-state index contributed by atoms with van der Waals surface area (Å²) in [5, 5.41) is 10.5. The smallest absolute Gasteiger partial charge is 0.336 e. The number of aryl methyl sites for hydroxylation is 1. The maximum Gasteiger partial charge on any atom is 0.336 e. The lowest BCUT2D eigenvalue weighted by molar-refractivity contribution is 0.0697. The summed E-state index contributed by atoms with van der Waals surface area (Å²) in [4.78, 5) is 16.1. The molecule has 3 aromatic carbocycles. The summed E-state index contributed by atoms with van der Waals surface area (Å²) >= 11 is 0. The Kier molecular flexibility index (Phi) is 6.27. The fourth-order valence-corrected chi connectivity index (χ4v) is 3.73. The molecule has 0 amide bonds. The van der Waals surface area contributed by atoms with Crippen LogP contribution in [0.15, 0.2) is 79.0 Å². The van der Waals surface area contributed by atoms with Gasteiger partial charge in [0.05, 0.1) is 11.1 Å². The first kappa shape index (κ1) is 20.6. The molecule has 0 aliphatic heterocycles. The van der Waals surface area contributed by atoms with E-state index < -0.39 is 5.97 Å². The second-order valence-electron chi connectivity index (χ2n) is 7.57. The number of carboxylic acid groups (broad SMARTS) is 1. The Balaban J connectivity index is 1.58. The maximum atomic E-state index is 11.5. The van der Waals surface area contributed by atoms with Gasteiger partial charge in [-0.15, -0.1) is 0 Å². The van der Waals surface area contributed by atoms with Crippen molar-refractivity contribution in [1.82, 2.24) is 4.98 Å². The average molecular weight is 412 g/mol. The number of para-hydroxylation sites is 1. The molecule has 0 fully saturated rings. The van der Waals surface area contributed by atoms with Crippen LogP contribution in [-0.4, -0.2) is 16.1 Å². The van der Waals surface area contributed by atoms with E-state index in [1.54, 1.807) is 12.1 Å². The highest BCUT2D eigenvalue weighted by atomic mass is 16.5. The zero-order valence-corrected chi connectivity index (χ0v) is 17.5. The number of hydrogen-bond acceptors (Lipinski definition) is 3. The molecule has 4 heteroatoms. The third kappa shape index (κ3) is 4.58. The summed E-state index contributed by atoms with van der Waals surface area (Å²) < 4.78 is 6.31. The van der Waals surface area contributed by atoms with E-state index in [4.69, 9.17) is 4.74 Å². The van der Waals surface area contributed by atoms with E-state index in [9.17, 15) is 9.90 Å². The zero-order chi connectivity index (χ0) is 21.6. The largest absolute Gasteiger partial charge is 0.488 e. The summed E-state index contributed by atoms with van der Waals surface area (Å²) in [6.07, 6.45) is 5.08. The van der Waals surface area contributed by atoms with Gasteiger partial charge in [0.1, 0.15) is 12.4 Å². The Labute approximate surface area is 182 Å². The second kappa shape index (κ2) is 9.43. The third-order valence-electron chi connectivity index (χ3n) is 5.41. The Morgan fingerprint density at radius 1 is 0.968 bits per heavy atom. The van der Waals surface area contributed by atoms with Gasteiger partial charge in [-0.1, -0.05) is 67.9 Å². The number of carboxylic acids is 1. The highest BCUT2D eigenvalue weighted by Crippen LogP contribution is 2.31. The molecule has 0 saturated carbocycles. The molecule has 0 saturated heterocycles. The average Bonchev–Trinajstić information content (AvgIpc) is 2.82. The van der Waals surface area contributed by atoms with Crippen molar-refractivity contribution in [2.75, 3.05) is 0 Å². The van der Waals surface area contributed by atoms with Gasteiger partial charge in [-0.2, -0.15) is 0 Å². The molecule has 1 aromatic heterocycles. The number of hydrogen-bond donors (Lipinski definition) is 1. The molecule has 1 heterocycles. The molecule has 156 valence electrons. The van der Waals surface area contributed by atoms with Gasteiger partial charge in [0.15, 0.2) is 0 Å². The van der Waals surface area contributed by atoms with E-state index >= 15 is 0 Å². The van der Waals surface area contributed by atoms with Crippen LogP contribution in [0.5, 0.6) is 5.75 Å². The van der Waals surface area contributed by atoms with Gasteiger partial charge in [0.25, 0.3) is 0 Å². The number of aromatic carboxylic acids is 1. The minimum absolute atomic E-state index is 0.301. The highest BCUT2D eigenvalue weighted by molar-refractivity contribution is 5.96. The number of benzene rings is 3. The molecule has 0 atom stereocenters. The van der Waals surface area contributed by atoms with Crippen molar-refractivity contribution in [2.24, 2.45) is 0 Å². The Bertz CT molecular complexity index is 1200. The fourth-order valence-electron chi connectivity index (χ4n) is 3.73. The molecule has 0 bridgehead atoms. The Morgan fingerprint density at radius 3 is 2.48 bits per heavy atom. The van der Waals surface area contributed by atoms with Crippen LogP contribution in [0.2, 0.25) is 0 Å². The maximum absolute atomic E-state index is 11.5. The lowest BCUT2D eigenvalue weighted by Gasteiger charge is -2.14. The topological polar surface area (TPSA) is 59.4 Å². The van der Waals surface area contributed by atoms with Crippen LogP contribution in [0.25, 0.3) is 22.0 Å². The van der Waals surface area contributed by atoms with Crippen LogP contribution in [0.3, 0.4) is 0 Å². The summed E-state index contributed by atoms with van der Waals surface area (Å²) in [5.41, 5.74) is 4.98. The summed E-state index contributed by atoms with van der Waals surface area (Å²) in [6, 6.07) is 23.0. The second-order valence-corrected chi connectivity index (χ2v) is 7.57. The Hall–Kier alpha value is -3.66. The molecule has 4 aromatic rings. The van der Waals surface area contributed by atoms with E-state index in [2.05, 4.69) is 18.0 Å². The van der Waals surface area contributed by atoms with Crippen molar-refractivity contribution < 1.29 is 14.6 Å². The van der Waals surface area contributed by atoms with E-state index in [0.29, 0.717) is 17.7 Å². The highest BCUT2D eigenvalue weighted by Gasteiger charge is 2.12. The van der Waals surface area contributed by atoms with Crippen molar-refractivity contribution in [1.29, 1.82) is 0 Å². The number of aromatic nitrogens is 1. The summed E-state index contributed by atoms with van der Waals surface area (Å²) in [7, 11) is 0. The summed E-state index contributed by atoms with van der Waals surface area (Å²) in [5.74, 6) is -0.0217. The molecule has 4 nitrogen and oxygen atoms in total. The van der Waals surface area contributed by atoms with Crippen LogP contribution in [0, 0.1) is 0 Å². The van der Waals surface area contributed by atoms with Gasteiger partial charge >= 0.3 is 5.97 Å². The van der Waals surface area contributed by atoms with Crippen molar-refractivity contribution in [3.8, 4) is 16.9 Å². The molecule has 0 unspecified atom stereocenters. The molecule has 0 aliphatic rings. The molecule has 0 aliphatic carbocycles. The van der Waals surface area contributed by atoms with Crippen molar-refractivity contribution in [2.45, 2.75) is 32.8 Å². The third-order valence-corrected chi connectivity index (χ3v) is 5.41. The van der Waals surface area contributed by atoms with Crippen LogP contribution in [0.1, 0.15) is 41.3 Å². The van der Waals surface area contributed by atoms with E-state index in [1.807, 2.05) is 60.8 Å². The molecule has 1 N–H and O–H groups in total. The monoisotopic (exact) mass is 411 g/mol. The van der Waals surface area contributed by atoms with Gasteiger partial charge < -0.3 is 9.84 Å². The lowest BCUT2D eigenvalue weighted by Crippen LogP contribution is -2.01. The van der Waals surface area contributed by atoms with Gasteiger partial charge in [-0.3, -0.25) is 4.98 Å².